The number of furan rings is 1. The number of halogens is 1. The van der Waals surface area contributed by atoms with Crippen molar-refractivity contribution in [2.24, 2.45) is 0 Å². The summed E-state index contributed by atoms with van der Waals surface area (Å²) >= 11 is 5.87. The number of benzene rings is 1. The summed E-state index contributed by atoms with van der Waals surface area (Å²) in [6, 6.07) is 9.70. The van der Waals surface area contributed by atoms with Crippen molar-refractivity contribution in [3.63, 3.8) is 0 Å². The summed E-state index contributed by atoms with van der Waals surface area (Å²) in [6.07, 6.45) is 1.59. The Hall–Kier alpha value is -1.54. The number of pyridine rings is 1. The molecular weight excluding hydrogens is 198 g/mol. The van der Waals surface area contributed by atoms with Crippen LogP contribution in [0.4, 0.5) is 0 Å². The van der Waals surface area contributed by atoms with Crippen LogP contribution in [0.2, 0.25) is 5.02 Å². The van der Waals surface area contributed by atoms with Crippen LogP contribution in [0.25, 0.3) is 22.1 Å². The van der Waals surface area contributed by atoms with Gasteiger partial charge in [0.25, 0.3) is 0 Å². The first-order chi connectivity index (χ1) is 6.84. The van der Waals surface area contributed by atoms with Gasteiger partial charge in [0.1, 0.15) is 5.58 Å². The molecule has 0 aliphatic rings. The van der Waals surface area contributed by atoms with Crippen LogP contribution in [0.5, 0.6) is 0 Å². The molecule has 2 aromatic heterocycles. The third-order valence-electron chi connectivity index (χ3n) is 2.20. The molecule has 3 rings (SSSR count). The Balaban J connectivity index is 2.58. The molecule has 3 aromatic rings. The maximum atomic E-state index is 5.87. The lowest BCUT2D eigenvalue weighted by molar-refractivity contribution is 0.654. The molecule has 14 heavy (non-hydrogen) atoms. The van der Waals surface area contributed by atoms with Crippen LogP contribution in [-0.2, 0) is 0 Å². The fourth-order valence-corrected chi connectivity index (χ4v) is 1.74. The standard InChI is InChI=1S/C11H6ClNO/c12-7-5-9-8-3-1-2-4-10(8)14-11(9)13-6-7/h1-6H. The molecule has 0 spiro atoms. The largest absolute Gasteiger partial charge is 0.438 e. The molecule has 2 heterocycles. The first kappa shape index (κ1) is 7.83. The predicted octanol–water partition coefficient (Wildman–Crippen LogP) is 3.63. The lowest BCUT2D eigenvalue weighted by Crippen LogP contribution is -1.71. The molecular formula is C11H6ClNO. The van der Waals surface area contributed by atoms with E-state index in [-0.39, 0.29) is 0 Å². The van der Waals surface area contributed by atoms with Crippen molar-refractivity contribution in [3.05, 3.63) is 41.6 Å². The van der Waals surface area contributed by atoms with Crippen molar-refractivity contribution in [1.29, 1.82) is 0 Å². The van der Waals surface area contributed by atoms with E-state index in [9.17, 15) is 0 Å². The lowest BCUT2D eigenvalue weighted by atomic mass is 10.2. The minimum Gasteiger partial charge on any atom is -0.438 e. The van der Waals surface area contributed by atoms with Crippen molar-refractivity contribution in [2.75, 3.05) is 0 Å². The minimum atomic E-state index is 0.629. The average Bonchev–Trinajstić information content (AvgIpc) is 2.56. The van der Waals surface area contributed by atoms with Crippen molar-refractivity contribution in [3.8, 4) is 0 Å². The number of hydrogen-bond donors (Lipinski definition) is 0. The monoisotopic (exact) mass is 203 g/mol. The lowest BCUT2D eigenvalue weighted by Gasteiger charge is -1.88. The highest BCUT2D eigenvalue weighted by Gasteiger charge is 2.06. The highest BCUT2D eigenvalue weighted by Crippen LogP contribution is 2.28. The van der Waals surface area contributed by atoms with Crippen molar-refractivity contribution >= 4 is 33.7 Å². The summed E-state index contributed by atoms with van der Waals surface area (Å²) in [5, 5.41) is 2.65. The van der Waals surface area contributed by atoms with Crippen molar-refractivity contribution in [1.82, 2.24) is 4.98 Å². The van der Waals surface area contributed by atoms with Gasteiger partial charge in [-0.05, 0) is 12.1 Å². The zero-order valence-corrected chi connectivity index (χ0v) is 7.95. The summed E-state index contributed by atoms with van der Waals surface area (Å²) in [6.45, 7) is 0. The molecule has 0 fully saturated rings. The number of para-hydroxylation sites is 1. The van der Waals surface area contributed by atoms with Crippen LogP contribution < -0.4 is 0 Å². The fourth-order valence-electron chi connectivity index (χ4n) is 1.58. The molecule has 0 unspecified atom stereocenters. The maximum Gasteiger partial charge on any atom is 0.227 e. The van der Waals surface area contributed by atoms with Gasteiger partial charge in [-0.25, -0.2) is 4.98 Å². The van der Waals surface area contributed by atoms with E-state index in [0.29, 0.717) is 10.7 Å². The molecule has 3 heteroatoms. The zero-order valence-electron chi connectivity index (χ0n) is 7.20. The van der Waals surface area contributed by atoms with Gasteiger partial charge in [-0.1, -0.05) is 29.8 Å². The minimum absolute atomic E-state index is 0.629. The summed E-state index contributed by atoms with van der Waals surface area (Å²) < 4.78 is 5.54. The molecule has 0 atom stereocenters. The van der Waals surface area contributed by atoms with E-state index in [2.05, 4.69) is 4.98 Å². The second kappa shape index (κ2) is 2.72. The molecule has 0 radical (unpaired) electrons. The first-order valence-corrected chi connectivity index (χ1v) is 4.65. The Bertz CT molecular complexity index is 615. The van der Waals surface area contributed by atoms with Gasteiger partial charge < -0.3 is 4.42 Å². The van der Waals surface area contributed by atoms with E-state index in [4.69, 9.17) is 16.0 Å². The molecule has 0 aliphatic heterocycles. The molecule has 0 saturated carbocycles. The van der Waals surface area contributed by atoms with Crippen LogP contribution in [0.3, 0.4) is 0 Å². The SMILES string of the molecule is Clc1cnc2oc3ccccc3c2c1. The molecule has 0 saturated heterocycles. The first-order valence-electron chi connectivity index (χ1n) is 4.27. The molecule has 2 nitrogen and oxygen atoms in total. The smallest absolute Gasteiger partial charge is 0.227 e. The summed E-state index contributed by atoms with van der Waals surface area (Å²) in [7, 11) is 0. The van der Waals surface area contributed by atoms with E-state index in [1.54, 1.807) is 6.20 Å². The molecule has 1 aromatic carbocycles. The molecule has 0 amide bonds. The van der Waals surface area contributed by atoms with Gasteiger partial charge >= 0.3 is 0 Å². The topological polar surface area (TPSA) is 26.0 Å². The predicted molar refractivity (Wildman–Crippen MR) is 56.5 cm³/mol. The second-order valence-electron chi connectivity index (χ2n) is 3.10. The van der Waals surface area contributed by atoms with Crippen LogP contribution >= 0.6 is 11.6 Å². The van der Waals surface area contributed by atoms with Crippen LogP contribution in [0, 0.1) is 0 Å². The molecule has 0 N–H and O–H groups in total. The van der Waals surface area contributed by atoms with E-state index < -0.39 is 0 Å². The van der Waals surface area contributed by atoms with E-state index in [1.807, 2.05) is 30.3 Å². The number of aromatic nitrogens is 1. The maximum absolute atomic E-state index is 5.87. The van der Waals surface area contributed by atoms with E-state index in [1.165, 1.54) is 0 Å². The number of hydrogen-bond acceptors (Lipinski definition) is 2. The van der Waals surface area contributed by atoms with Crippen molar-refractivity contribution < 1.29 is 4.42 Å². The normalized spacial score (nSPS) is 11.2. The third-order valence-corrected chi connectivity index (χ3v) is 2.41. The highest BCUT2D eigenvalue weighted by atomic mass is 35.5. The van der Waals surface area contributed by atoms with Crippen LogP contribution in [0.15, 0.2) is 40.9 Å². The molecule has 68 valence electrons. The number of fused-ring (bicyclic) bond motifs is 3. The van der Waals surface area contributed by atoms with Gasteiger partial charge in [-0.15, -0.1) is 0 Å². The van der Waals surface area contributed by atoms with Gasteiger partial charge in [0.15, 0.2) is 0 Å². The van der Waals surface area contributed by atoms with Gasteiger partial charge in [-0.3, -0.25) is 0 Å². The Morgan fingerprint density at radius 2 is 2.00 bits per heavy atom. The Kier molecular flexibility index (Phi) is 1.52. The van der Waals surface area contributed by atoms with Crippen LogP contribution in [-0.4, -0.2) is 4.98 Å². The summed E-state index contributed by atoms with van der Waals surface area (Å²) in [5.74, 6) is 0. The van der Waals surface area contributed by atoms with Crippen LogP contribution in [0.1, 0.15) is 0 Å². The Morgan fingerprint density at radius 1 is 1.14 bits per heavy atom. The molecule has 0 bridgehead atoms. The van der Waals surface area contributed by atoms with Crippen molar-refractivity contribution in [2.45, 2.75) is 0 Å². The number of rotatable bonds is 0. The van der Waals surface area contributed by atoms with Gasteiger partial charge in [0, 0.05) is 17.0 Å². The Morgan fingerprint density at radius 3 is 2.93 bits per heavy atom. The van der Waals surface area contributed by atoms with Gasteiger partial charge in [-0.2, -0.15) is 0 Å². The molecule has 0 aliphatic carbocycles. The zero-order chi connectivity index (χ0) is 9.54. The second-order valence-corrected chi connectivity index (χ2v) is 3.54. The summed E-state index contributed by atoms with van der Waals surface area (Å²) in [5.41, 5.74) is 1.48. The number of nitrogens with zero attached hydrogens (tertiary/aromatic N) is 1. The third kappa shape index (κ3) is 1.01. The van der Waals surface area contributed by atoms with E-state index in [0.717, 1.165) is 16.4 Å². The quantitative estimate of drug-likeness (QED) is 0.558. The highest BCUT2D eigenvalue weighted by molar-refractivity contribution is 6.31. The van der Waals surface area contributed by atoms with Gasteiger partial charge in [0.05, 0.1) is 5.02 Å². The summed E-state index contributed by atoms with van der Waals surface area (Å²) in [4.78, 5) is 4.12. The fraction of sp³-hybridized carbons (Fsp3) is 0. The van der Waals surface area contributed by atoms with E-state index >= 15 is 0 Å². The average molecular weight is 204 g/mol. The Labute approximate surface area is 85.1 Å². The van der Waals surface area contributed by atoms with Gasteiger partial charge in [0.2, 0.25) is 5.71 Å².